The summed E-state index contributed by atoms with van der Waals surface area (Å²) in [5, 5.41) is 0.347. The van der Waals surface area contributed by atoms with Gasteiger partial charge in [-0.3, -0.25) is 4.79 Å². The van der Waals surface area contributed by atoms with Crippen LogP contribution in [0.1, 0.15) is 0 Å². The Labute approximate surface area is 84.6 Å². The lowest BCUT2D eigenvalue weighted by Crippen LogP contribution is -2.09. The normalized spacial score (nSPS) is 10.1. The Hall–Kier alpha value is -1.68. The summed E-state index contributed by atoms with van der Waals surface area (Å²) in [6.45, 7) is 0. The van der Waals surface area contributed by atoms with Crippen molar-refractivity contribution in [1.29, 1.82) is 0 Å². The van der Waals surface area contributed by atoms with Gasteiger partial charge in [0.2, 0.25) is 0 Å². The molecule has 0 aliphatic heterocycles. The standard InChI is InChI=1S/C9H6ClN3O/c10-6-2-5-13-9(14)7(6)8-11-3-1-4-12-8/h1-5H,(H,13,14). The van der Waals surface area contributed by atoms with E-state index in [0.717, 1.165) is 0 Å². The van der Waals surface area contributed by atoms with Gasteiger partial charge in [0.25, 0.3) is 5.56 Å². The van der Waals surface area contributed by atoms with E-state index in [1.807, 2.05) is 0 Å². The highest BCUT2D eigenvalue weighted by atomic mass is 35.5. The number of pyridine rings is 1. The molecule has 1 N–H and O–H groups in total. The van der Waals surface area contributed by atoms with E-state index in [2.05, 4.69) is 15.0 Å². The quantitative estimate of drug-likeness (QED) is 0.771. The molecule has 2 heterocycles. The highest BCUT2D eigenvalue weighted by molar-refractivity contribution is 6.33. The Bertz CT molecular complexity index is 495. The molecule has 2 aromatic heterocycles. The molecular weight excluding hydrogens is 202 g/mol. The number of halogens is 1. The van der Waals surface area contributed by atoms with Crippen molar-refractivity contribution in [2.24, 2.45) is 0 Å². The van der Waals surface area contributed by atoms with Crippen LogP contribution in [-0.4, -0.2) is 15.0 Å². The number of hydrogen-bond donors (Lipinski definition) is 1. The van der Waals surface area contributed by atoms with Gasteiger partial charge >= 0.3 is 0 Å². The molecule has 0 bridgehead atoms. The minimum atomic E-state index is -0.288. The summed E-state index contributed by atoms with van der Waals surface area (Å²) >= 11 is 5.86. The topological polar surface area (TPSA) is 58.6 Å². The fraction of sp³-hybridized carbons (Fsp3) is 0. The Morgan fingerprint density at radius 2 is 2.00 bits per heavy atom. The first-order valence-electron chi connectivity index (χ1n) is 3.93. The molecule has 14 heavy (non-hydrogen) atoms. The van der Waals surface area contributed by atoms with Crippen LogP contribution in [-0.2, 0) is 0 Å². The van der Waals surface area contributed by atoms with Gasteiger partial charge in [-0.15, -0.1) is 0 Å². The summed E-state index contributed by atoms with van der Waals surface area (Å²) in [5.74, 6) is 0.333. The number of H-pyrrole nitrogens is 1. The van der Waals surface area contributed by atoms with Gasteiger partial charge in [-0.25, -0.2) is 9.97 Å². The second kappa shape index (κ2) is 3.59. The fourth-order valence-corrected chi connectivity index (χ4v) is 1.32. The highest BCUT2D eigenvalue weighted by Gasteiger charge is 2.09. The van der Waals surface area contributed by atoms with Gasteiger partial charge in [-0.1, -0.05) is 11.6 Å². The summed E-state index contributed by atoms with van der Waals surface area (Å²) < 4.78 is 0. The van der Waals surface area contributed by atoms with Crippen LogP contribution in [0.2, 0.25) is 5.02 Å². The molecule has 70 valence electrons. The third kappa shape index (κ3) is 1.52. The van der Waals surface area contributed by atoms with Crippen LogP contribution >= 0.6 is 11.6 Å². The van der Waals surface area contributed by atoms with Crippen LogP contribution in [0.4, 0.5) is 0 Å². The fourth-order valence-electron chi connectivity index (χ4n) is 1.09. The zero-order valence-corrected chi connectivity index (χ0v) is 7.82. The van der Waals surface area contributed by atoms with Crippen molar-refractivity contribution in [2.75, 3.05) is 0 Å². The molecule has 0 amide bonds. The van der Waals surface area contributed by atoms with Gasteiger partial charge in [-0.05, 0) is 12.1 Å². The number of rotatable bonds is 1. The minimum Gasteiger partial charge on any atom is -0.328 e. The molecule has 0 aromatic carbocycles. The van der Waals surface area contributed by atoms with E-state index in [0.29, 0.717) is 16.4 Å². The van der Waals surface area contributed by atoms with E-state index >= 15 is 0 Å². The molecule has 0 atom stereocenters. The van der Waals surface area contributed by atoms with Crippen LogP contribution in [0.5, 0.6) is 0 Å². The smallest absolute Gasteiger partial charge is 0.260 e. The van der Waals surface area contributed by atoms with Gasteiger partial charge in [-0.2, -0.15) is 0 Å². The number of hydrogen-bond acceptors (Lipinski definition) is 3. The monoisotopic (exact) mass is 207 g/mol. The van der Waals surface area contributed by atoms with E-state index < -0.39 is 0 Å². The third-order valence-electron chi connectivity index (χ3n) is 1.70. The molecule has 5 heteroatoms. The van der Waals surface area contributed by atoms with E-state index in [4.69, 9.17) is 11.6 Å². The van der Waals surface area contributed by atoms with Crippen molar-refractivity contribution in [3.8, 4) is 11.4 Å². The van der Waals surface area contributed by atoms with Crippen molar-refractivity contribution in [1.82, 2.24) is 15.0 Å². The lowest BCUT2D eigenvalue weighted by molar-refractivity contribution is 1.14. The van der Waals surface area contributed by atoms with Gasteiger partial charge in [0, 0.05) is 18.6 Å². The summed E-state index contributed by atoms with van der Waals surface area (Å²) in [5.41, 5.74) is 0.0125. The lowest BCUT2D eigenvalue weighted by atomic mass is 10.2. The predicted octanol–water partition coefficient (Wildman–Crippen LogP) is 1.49. The summed E-state index contributed by atoms with van der Waals surface area (Å²) in [7, 11) is 0. The van der Waals surface area contributed by atoms with Gasteiger partial charge in [0.05, 0.1) is 5.02 Å². The Morgan fingerprint density at radius 1 is 1.29 bits per heavy atom. The third-order valence-corrected chi connectivity index (χ3v) is 2.01. The molecule has 4 nitrogen and oxygen atoms in total. The first-order chi connectivity index (χ1) is 6.79. The van der Waals surface area contributed by atoms with Crippen LogP contribution < -0.4 is 5.56 Å². The maximum atomic E-state index is 11.4. The molecule has 2 rings (SSSR count). The highest BCUT2D eigenvalue weighted by Crippen LogP contribution is 2.18. The van der Waals surface area contributed by atoms with Crippen LogP contribution in [0.25, 0.3) is 11.4 Å². The second-order valence-corrected chi connectivity index (χ2v) is 3.01. The van der Waals surface area contributed by atoms with Gasteiger partial charge in [0.15, 0.2) is 5.82 Å². The SMILES string of the molecule is O=c1[nH]ccc(Cl)c1-c1ncccn1. The number of aromatic amines is 1. The van der Waals surface area contributed by atoms with Crippen LogP contribution in [0.15, 0.2) is 35.5 Å². The van der Waals surface area contributed by atoms with E-state index in [1.165, 1.54) is 6.20 Å². The van der Waals surface area contributed by atoms with Crippen LogP contribution in [0, 0.1) is 0 Å². The maximum absolute atomic E-state index is 11.4. The molecule has 0 unspecified atom stereocenters. The number of nitrogens with one attached hydrogen (secondary N) is 1. The molecule has 0 saturated carbocycles. The van der Waals surface area contributed by atoms with Crippen molar-refractivity contribution in [3.63, 3.8) is 0 Å². The number of aromatic nitrogens is 3. The first kappa shape index (κ1) is 8.90. The number of nitrogens with zero attached hydrogens (tertiary/aromatic N) is 2. The second-order valence-electron chi connectivity index (χ2n) is 2.60. The van der Waals surface area contributed by atoms with E-state index in [9.17, 15) is 4.79 Å². The van der Waals surface area contributed by atoms with Crippen molar-refractivity contribution in [3.05, 3.63) is 46.1 Å². The van der Waals surface area contributed by atoms with Crippen molar-refractivity contribution < 1.29 is 0 Å². The predicted molar refractivity (Wildman–Crippen MR) is 53.1 cm³/mol. The lowest BCUT2D eigenvalue weighted by Gasteiger charge is -1.99. The summed E-state index contributed by atoms with van der Waals surface area (Å²) in [4.78, 5) is 21.8. The maximum Gasteiger partial charge on any atom is 0.260 e. The largest absolute Gasteiger partial charge is 0.328 e. The average molecular weight is 208 g/mol. The zero-order chi connectivity index (χ0) is 9.97. The van der Waals surface area contributed by atoms with E-state index in [-0.39, 0.29) is 5.56 Å². The molecule has 0 aliphatic carbocycles. The molecular formula is C9H6ClN3O. The molecule has 0 fully saturated rings. The van der Waals surface area contributed by atoms with Crippen molar-refractivity contribution in [2.45, 2.75) is 0 Å². The zero-order valence-electron chi connectivity index (χ0n) is 7.07. The first-order valence-corrected chi connectivity index (χ1v) is 4.31. The Kier molecular flexibility index (Phi) is 2.28. The van der Waals surface area contributed by atoms with Gasteiger partial charge in [0.1, 0.15) is 5.56 Å². The van der Waals surface area contributed by atoms with Crippen LogP contribution in [0.3, 0.4) is 0 Å². The van der Waals surface area contributed by atoms with Gasteiger partial charge < -0.3 is 4.98 Å². The summed E-state index contributed by atoms with van der Waals surface area (Å²) in [6, 6.07) is 3.27. The van der Waals surface area contributed by atoms with E-state index in [1.54, 1.807) is 24.5 Å². The minimum absolute atomic E-state index is 0.288. The molecule has 2 aromatic rings. The molecule has 0 aliphatic rings. The van der Waals surface area contributed by atoms with Crippen molar-refractivity contribution >= 4 is 11.6 Å². The average Bonchev–Trinajstić information content (AvgIpc) is 2.19. The summed E-state index contributed by atoms with van der Waals surface area (Å²) in [6.07, 6.45) is 4.60. The Balaban J connectivity index is 2.69. The molecule has 0 radical (unpaired) electrons. The molecule has 0 saturated heterocycles. The molecule has 0 spiro atoms. The Morgan fingerprint density at radius 3 is 2.64 bits per heavy atom.